The van der Waals surface area contributed by atoms with Crippen LogP contribution in [-0.4, -0.2) is 30.4 Å². The second-order valence-corrected chi connectivity index (χ2v) is 4.35. The Kier molecular flexibility index (Phi) is 4.52. The molecular formula is C13H18O4. The van der Waals surface area contributed by atoms with Gasteiger partial charge in [-0.25, -0.2) is 4.79 Å². The van der Waals surface area contributed by atoms with Crippen LogP contribution in [0.2, 0.25) is 0 Å². The van der Waals surface area contributed by atoms with Crippen LogP contribution in [0.5, 0.6) is 5.75 Å². The Hall–Kier alpha value is -1.55. The highest BCUT2D eigenvalue weighted by Gasteiger charge is 2.19. The summed E-state index contributed by atoms with van der Waals surface area (Å²) in [5.74, 6) is 0.294. The number of carbonyl (C=O) groups is 1. The standard InChI is InChI=1S/C13H18O4/c1-13(2,8-9-14)17-11-6-4-10(5-7-11)12(15)16-3/h4-7,14H,8-9H2,1-3H3. The van der Waals surface area contributed by atoms with Gasteiger partial charge in [-0.05, 0) is 38.1 Å². The zero-order chi connectivity index (χ0) is 12.9. The van der Waals surface area contributed by atoms with E-state index in [2.05, 4.69) is 4.74 Å². The molecule has 1 N–H and O–H groups in total. The summed E-state index contributed by atoms with van der Waals surface area (Å²) in [6, 6.07) is 6.73. The maximum Gasteiger partial charge on any atom is 0.337 e. The smallest absolute Gasteiger partial charge is 0.337 e. The number of rotatable bonds is 5. The molecule has 1 aromatic carbocycles. The van der Waals surface area contributed by atoms with E-state index in [1.807, 2.05) is 13.8 Å². The van der Waals surface area contributed by atoms with Crippen molar-refractivity contribution in [2.24, 2.45) is 0 Å². The number of esters is 1. The quantitative estimate of drug-likeness (QED) is 0.797. The van der Waals surface area contributed by atoms with Gasteiger partial charge in [0.15, 0.2) is 0 Å². The highest BCUT2D eigenvalue weighted by molar-refractivity contribution is 5.89. The lowest BCUT2D eigenvalue weighted by Gasteiger charge is -2.25. The number of hydrogen-bond acceptors (Lipinski definition) is 4. The molecule has 0 spiro atoms. The molecule has 1 aromatic rings. The lowest BCUT2D eigenvalue weighted by molar-refractivity contribution is 0.0600. The number of benzene rings is 1. The first-order valence-corrected chi connectivity index (χ1v) is 5.47. The molecule has 17 heavy (non-hydrogen) atoms. The number of hydrogen-bond donors (Lipinski definition) is 1. The van der Waals surface area contributed by atoms with Crippen molar-refractivity contribution in [2.75, 3.05) is 13.7 Å². The third-order valence-electron chi connectivity index (χ3n) is 2.38. The maximum absolute atomic E-state index is 11.2. The van der Waals surface area contributed by atoms with Crippen molar-refractivity contribution in [3.8, 4) is 5.75 Å². The molecule has 0 aliphatic rings. The number of methoxy groups -OCH3 is 1. The monoisotopic (exact) mass is 238 g/mol. The topological polar surface area (TPSA) is 55.8 Å². The van der Waals surface area contributed by atoms with Crippen LogP contribution in [0.15, 0.2) is 24.3 Å². The fourth-order valence-corrected chi connectivity index (χ4v) is 1.42. The lowest BCUT2D eigenvalue weighted by Crippen LogP contribution is -2.29. The molecule has 0 saturated carbocycles. The fraction of sp³-hybridized carbons (Fsp3) is 0.462. The number of ether oxygens (including phenoxy) is 2. The van der Waals surface area contributed by atoms with Crippen LogP contribution in [0.25, 0.3) is 0 Å². The predicted molar refractivity (Wildman–Crippen MR) is 64.2 cm³/mol. The van der Waals surface area contributed by atoms with E-state index in [0.29, 0.717) is 17.7 Å². The van der Waals surface area contributed by atoms with E-state index in [0.717, 1.165) is 0 Å². The normalized spacial score (nSPS) is 11.1. The van der Waals surface area contributed by atoms with Gasteiger partial charge < -0.3 is 14.6 Å². The molecule has 0 aromatic heterocycles. The molecule has 0 aliphatic carbocycles. The van der Waals surface area contributed by atoms with E-state index in [1.165, 1.54) is 7.11 Å². The van der Waals surface area contributed by atoms with Crippen molar-refractivity contribution in [1.82, 2.24) is 0 Å². The Morgan fingerprint density at radius 3 is 2.35 bits per heavy atom. The van der Waals surface area contributed by atoms with Crippen molar-refractivity contribution >= 4 is 5.97 Å². The van der Waals surface area contributed by atoms with Crippen LogP contribution >= 0.6 is 0 Å². The zero-order valence-electron chi connectivity index (χ0n) is 10.4. The van der Waals surface area contributed by atoms with Crippen molar-refractivity contribution in [2.45, 2.75) is 25.9 Å². The van der Waals surface area contributed by atoms with Gasteiger partial charge in [-0.15, -0.1) is 0 Å². The predicted octanol–water partition coefficient (Wildman–Crippen LogP) is 2.01. The van der Waals surface area contributed by atoms with Gasteiger partial charge in [-0.1, -0.05) is 0 Å². The van der Waals surface area contributed by atoms with E-state index < -0.39 is 5.60 Å². The molecule has 0 aliphatic heterocycles. The summed E-state index contributed by atoms with van der Waals surface area (Å²) in [5.41, 5.74) is 0.0569. The van der Waals surface area contributed by atoms with E-state index in [-0.39, 0.29) is 12.6 Å². The van der Waals surface area contributed by atoms with Gasteiger partial charge >= 0.3 is 5.97 Å². The van der Waals surface area contributed by atoms with Gasteiger partial charge in [0, 0.05) is 13.0 Å². The van der Waals surface area contributed by atoms with E-state index in [9.17, 15) is 4.79 Å². The van der Waals surface area contributed by atoms with Gasteiger partial charge in [0.1, 0.15) is 11.4 Å². The molecule has 0 bridgehead atoms. The molecule has 0 unspecified atom stereocenters. The second kappa shape index (κ2) is 5.68. The molecule has 0 amide bonds. The SMILES string of the molecule is COC(=O)c1ccc(OC(C)(C)CCO)cc1. The summed E-state index contributed by atoms with van der Waals surface area (Å²) in [5, 5.41) is 8.89. The molecule has 1 rings (SSSR count). The first-order valence-electron chi connectivity index (χ1n) is 5.47. The van der Waals surface area contributed by atoms with Crippen LogP contribution in [0, 0.1) is 0 Å². The number of aliphatic hydroxyl groups excluding tert-OH is 1. The van der Waals surface area contributed by atoms with Crippen LogP contribution < -0.4 is 4.74 Å². The molecule has 0 radical (unpaired) electrons. The average Bonchev–Trinajstić information content (AvgIpc) is 2.28. The van der Waals surface area contributed by atoms with Gasteiger partial charge in [0.05, 0.1) is 12.7 Å². The minimum absolute atomic E-state index is 0.0766. The van der Waals surface area contributed by atoms with Crippen LogP contribution in [-0.2, 0) is 4.74 Å². The molecule has 94 valence electrons. The molecule has 4 heteroatoms. The highest BCUT2D eigenvalue weighted by Crippen LogP contribution is 2.21. The minimum atomic E-state index is -0.429. The summed E-state index contributed by atoms with van der Waals surface area (Å²) in [6.07, 6.45) is 0.547. The Labute approximate surface area is 101 Å². The molecule has 0 fully saturated rings. The Balaban J connectivity index is 2.71. The molecule has 0 atom stereocenters. The van der Waals surface area contributed by atoms with Crippen molar-refractivity contribution < 1.29 is 19.4 Å². The largest absolute Gasteiger partial charge is 0.488 e. The summed E-state index contributed by atoms with van der Waals surface area (Å²) in [6.45, 7) is 3.88. The maximum atomic E-state index is 11.2. The third-order valence-corrected chi connectivity index (χ3v) is 2.38. The van der Waals surface area contributed by atoms with Gasteiger partial charge in [-0.3, -0.25) is 0 Å². The van der Waals surface area contributed by atoms with Crippen LogP contribution in [0.1, 0.15) is 30.6 Å². The van der Waals surface area contributed by atoms with Gasteiger partial charge in [0.25, 0.3) is 0 Å². The van der Waals surface area contributed by atoms with E-state index in [1.54, 1.807) is 24.3 Å². The van der Waals surface area contributed by atoms with Gasteiger partial charge in [-0.2, -0.15) is 0 Å². The van der Waals surface area contributed by atoms with E-state index >= 15 is 0 Å². The first kappa shape index (κ1) is 13.5. The molecule has 0 saturated heterocycles. The molecule has 4 nitrogen and oxygen atoms in total. The Morgan fingerprint density at radius 1 is 1.29 bits per heavy atom. The summed E-state index contributed by atoms with van der Waals surface area (Å²) >= 11 is 0. The number of carbonyl (C=O) groups excluding carboxylic acids is 1. The molecular weight excluding hydrogens is 220 g/mol. The molecule has 0 heterocycles. The summed E-state index contributed by atoms with van der Waals surface area (Å²) in [7, 11) is 1.34. The zero-order valence-corrected chi connectivity index (χ0v) is 10.4. The Bertz CT molecular complexity index is 368. The number of aliphatic hydroxyl groups is 1. The van der Waals surface area contributed by atoms with Gasteiger partial charge in [0.2, 0.25) is 0 Å². The second-order valence-electron chi connectivity index (χ2n) is 4.35. The average molecular weight is 238 g/mol. The van der Waals surface area contributed by atoms with Crippen molar-refractivity contribution in [3.63, 3.8) is 0 Å². The third kappa shape index (κ3) is 4.07. The first-order chi connectivity index (χ1) is 7.98. The van der Waals surface area contributed by atoms with E-state index in [4.69, 9.17) is 9.84 Å². The fourth-order valence-electron chi connectivity index (χ4n) is 1.42. The summed E-state index contributed by atoms with van der Waals surface area (Å²) < 4.78 is 10.3. The van der Waals surface area contributed by atoms with Crippen molar-refractivity contribution in [1.29, 1.82) is 0 Å². The van der Waals surface area contributed by atoms with Crippen LogP contribution in [0.3, 0.4) is 0 Å². The van der Waals surface area contributed by atoms with Crippen molar-refractivity contribution in [3.05, 3.63) is 29.8 Å². The Morgan fingerprint density at radius 2 is 1.88 bits per heavy atom. The summed E-state index contributed by atoms with van der Waals surface area (Å²) in [4.78, 5) is 11.2. The minimum Gasteiger partial charge on any atom is -0.488 e. The van der Waals surface area contributed by atoms with Crippen LogP contribution in [0.4, 0.5) is 0 Å². The highest BCUT2D eigenvalue weighted by atomic mass is 16.5. The lowest BCUT2D eigenvalue weighted by atomic mass is 10.1.